The molecule has 3 nitrogen and oxygen atoms in total. The Morgan fingerprint density at radius 3 is 2.33 bits per heavy atom. The lowest BCUT2D eigenvalue weighted by atomic mass is 9.42. The molecule has 3 heteroatoms. The normalized spacial score (nSPS) is 51.9. The van der Waals surface area contributed by atoms with Crippen LogP contribution in [0.15, 0.2) is 0 Å². The maximum absolute atomic E-state index is 11.6. The van der Waals surface area contributed by atoms with Gasteiger partial charge in [0.1, 0.15) is 0 Å². The molecule has 0 saturated heterocycles. The van der Waals surface area contributed by atoms with Gasteiger partial charge >= 0.3 is 0 Å². The van der Waals surface area contributed by atoms with Gasteiger partial charge in [0.25, 0.3) is 0 Å². The average molecular weight is 421 g/mol. The summed E-state index contributed by atoms with van der Waals surface area (Å²) >= 11 is 0. The largest absolute Gasteiger partial charge is 0.393 e. The van der Waals surface area contributed by atoms with Crippen molar-refractivity contribution in [3.05, 3.63) is 0 Å². The van der Waals surface area contributed by atoms with Crippen LogP contribution in [0.3, 0.4) is 0 Å². The summed E-state index contributed by atoms with van der Waals surface area (Å²) in [6.07, 6.45) is 10.7. The average Bonchev–Trinajstić information content (AvgIpc) is 3.01. The summed E-state index contributed by atoms with van der Waals surface area (Å²) in [5, 5.41) is 33.0. The predicted molar refractivity (Wildman–Crippen MR) is 122 cm³/mol. The highest BCUT2D eigenvalue weighted by Gasteiger charge is 2.67. The van der Waals surface area contributed by atoms with Gasteiger partial charge in [-0.3, -0.25) is 0 Å². The van der Waals surface area contributed by atoms with Gasteiger partial charge in [0.05, 0.1) is 17.8 Å². The van der Waals surface area contributed by atoms with Crippen molar-refractivity contribution in [3.63, 3.8) is 0 Å². The number of fused-ring (bicyclic) bond motifs is 5. The topological polar surface area (TPSA) is 60.7 Å². The quantitative estimate of drug-likeness (QED) is 0.546. The molecule has 0 aliphatic heterocycles. The predicted octanol–water partition coefficient (Wildman–Crippen LogP) is 5.55. The summed E-state index contributed by atoms with van der Waals surface area (Å²) in [5.41, 5.74) is -0.962. The smallest absolute Gasteiger partial charge is 0.0985 e. The highest BCUT2D eigenvalue weighted by Crippen LogP contribution is 2.69. The molecular formula is C27H48O3. The lowest BCUT2D eigenvalue weighted by Crippen LogP contribution is -2.68. The monoisotopic (exact) mass is 420 g/mol. The van der Waals surface area contributed by atoms with Crippen molar-refractivity contribution in [2.45, 2.75) is 123 Å². The number of hydrogen-bond acceptors (Lipinski definition) is 3. The fourth-order valence-electron chi connectivity index (χ4n) is 9.29. The standard InChI is InChI=1S/C27H48O3/c1-17(2)7-6-8-18(3)21-9-10-22-20-15-24(29)27(30)16-19(28)11-14-26(27,5)23(20)12-13-25(21,22)4/h17-24,28-30H,6-16H2,1-5H3/t18-,19+,20+,21-,22+,23+,24-,25-,26-,27?/m1/s1. The lowest BCUT2D eigenvalue weighted by Gasteiger charge is -2.65. The molecule has 4 fully saturated rings. The second-order valence-corrected chi connectivity index (χ2v) is 12.9. The van der Waals surface area contributed by atoms with Crippen LogP contribution in [0.5, 0.6) is 0 Å². The van der Waals surface area contributed by atoms with Gasteiger partial charge in [0.2, 0.25) is 0 Å². The highest BCUT2D eigenvalue weighted by atomic mass is 16.3. The van der Waals surface area contributed by atoms with E-state index in [-0.39, 0.29) is 5.41 Å². The van der Waals surface area contributed by atoms with Crippen molar-refractivity contribution >= 4 is 0 Å². The molecule has 4 saturated carbocycles. The Hall–Kier alpha value is -0.120. The summed E-state index contributed by atoms with van der Waals surface area (Å²) in [5.74, 6) is 4.13. The van der Waals surface area contributed by atoms with Gasteiger partial charge in [-0.2, -0.15) is 0 Å². The second-order valence-electron chi connectivity index (χ2n) is 12.9. The van der Waals surface area contributed by atoms with Crippen molar-refractivity contribution in [2.75, 3.05) is 0 Å². The van der Waals surface area contributed by atoms with E-state index < -0.39 is 17.8 Å². The van der Waals surface area contributed by atoms with Crippen LogP contribution in [0.4, 0.5) is 0 Å². The maximum atomic E-state index is 11.6. The molecule has 0 aromatic heterocycles. The molecule has 10 atom stereocenters. The second kappa shape index (κ2) is 8.03. The van der Waals surface area contributed by atoms with Gasteiger partial charge in [-0.15, -0.1) is 0 Å². The Morgan fingerprint density at radius 1 is 0.900 bits per heavy atom. The molecule has 0 spiro atoms. The van der Waals surface area contributed by atoms with E-state index >= 15 is 0 Å². The fourth-order valence-corrected chi connectivity index (χ4v) is 9.29. The van der Waals surface area contributed by atoms with Crippen LogP contribution in [0.25, 0.3) is 0 Å². The van der Waals surface area contributed by atoms with E-state index in [9.17, 15) is 15.3 Å². The minimum Gasteiger partial charge on any atom is -0.393 e. The minimum absolute atomic E-state index is 0.253. The zero-order valence-corrected chi connectivity index (χ0v) is 20.2. The van der Waals surface area contributed by atoms with Crippen molar-refractivity contribution < 1.29 is 15.3 Å². The van der Waals surface area contributed by atoms with Crippen LogP contribution in [0.2, 0.25) is 0 Å². The molecule has 0 radical (unpaired) electrons. The van der Waals surface area contributed by atoms with Crippen LogP contribution >= 0.6 is 0 Å². The van der Waals surface area contributed by atoms with Gasteiger partial charge in [-0.25, -0.2) is 0 Å². The zero-order valence-electron chi connectivity index (χ0n) is 20.2. The molecule has 0 heterocycles. The van der Waals surface area contributed by atoms with Gasteiger partial charge in [-0.05, 0) is 85.9 Å². The van der Waals surface area contributed by atoms with Gasteiger partial charge in [0.15, 0.2) is 0 Å². The first-order valence-corrected chi connectivity index (χ1v) is 13.1. The van der Waals surface area contributed by atoms with E-state index in [1.54, 1.807) is 0 Å². The van der Waals surface area contributed by atoms with Crippen molar-refractivity contribution in [3.8, 4) is 0 Å². The third-order valence-electron chi connectivity index (χ3n) is 11.0. The van der Waals surface area contributed by atoms with Crippen LogP contribution in [-0.4, -0.2) is 33.1 Å². The maximum Gasteiger partial charge on any atom is 0.0985 e. The molecule has 3 N–H and O–H groups in total. The molecule has 30 heavy (non-hydrogen) atoms. The van der Waals surface area contributed by atoms with Crippen LogP contribution in [0.1, 0.15) is 105 Å². The molecule has 4 aliphatic carbocycles. The van der Waals surface area contributed by atoms with Crippen molar-refractivity contribution in [1.82, 2.24) is 0 Å². The van der Waals surface area contributed by atoms with Gasteiger partial charge < -0.3 is 15.3 Å². The Bertz CT molecular complexity index is 619. The van der Waals surface area contributed by atoms with Gasteiger partial charge in [-0.1, -0.05) is 53.9 Å². The van der Waals surface area contributed by atoms with Crippen molar-refractivity contribution in [1.29, 1.82) is 0 Å². The highest BCUT2D eigenvalue weighted by molar-refractivity contribution is 5.17. The van der Waals surface area contributed by atoms with E-state index in [0.29, 0.717) is 29.6 Å². The van der Waals surface area contributed by atoms with Crippen LogP contribution in [-0.2, 0) is 0 Å². The number of rotatable bonds is 5. The Labute approximate surface area is 185 Å². The molecule has 0 aromatic rings. The number of aliphatic hydroxyl groups is 3. The SMILES string of the molecule is CC(C)CCC[C@@H](C)[C@H]1CC[C@H]2[C@@H]3C[C@@H](O)C4(O)C[C@@H](O)CC[C@]4(C)[C@H]3CC[C@]12C. The molecule has 4 aliphatic rings. The van der Waals surface area contributed by atoms with E-state index in [0.717, 1.165) is 37.0 Å². The zero-order chi connectivity index (χ0) is 21.9. The number of hydrogen-bond donors (Lipinski definition) is 3. The van der Waals surface area contributed by atoms with Crippen LogP contribution in [0, 0.1) is 46.3 Å². The summed E-state index contributed by atoms with van der Waals surface area (Å²) in [7, 11) is 0. The molecule has 0 amide bonds. The fraction of sp³-hybridized carbons (Fsp3) is 1.00. The van der Waals surface area contributed by atoms with Crippen LogP contribution < -0.4 is 0 Å². The summed E-state index contributed by atoms with van der Waals surface area (Å²) in [6.45, 7) is 12.0. The number of aliphatic hydroxyl groups excluding tert-OH is 2. The Kier molecular flexibility index (Phi) is 6.17. The summed E-state index contributed by atoms with van der Waals surface area (Å²) < 4.78 is 0. The molecule has 0 bridgehead atoms. The first-order chi connectivity index (χ1) is 14.0. The molecule has 4 rings (SSSR count). The third kappa shape index (κ3) is 3.41. The molecule has 0 aromatic carbocycles. The first-order valence-electron chi connectivity index (χ1n) is 13.1. The molecule has 1 unspecified atom stereocenters. The molecular weight excluding hydrogens is 372 g/mol. The Morgan fingerprint density at radius 2 is 1.63 bits per heavy atom. The van der Waals surface area contributed by atoms with E-state index in [4.69, 9.17) is 0 Å². The lowest BCUT2D eigenvalue weighted by molar-refractivity contribution is -0.264. The summed E-state index contributed by atoms with van der Waals surface area (Å²) in [6, 6.07) is 0. The van der Waals surface area contributed by atoms with E-state index in [1.165, 1.54) is 44.9 Å². The summed E-state index contributed by atoms with van der Waals surface area (Å²) in [4.78, 5) is 0. The first kappa shape index (κ1) is 23.1. The van der Waals surface area contributed by atoms with Gasteiger partial charge in [0, 0.05) is 11.8 Å². The van der Waals surface area contributed by atoms with E-state index in [1.807, 2.05) is 0 Å². The third-order valence-corrected chi connectivity index (χ3v) is 11.0. The molecule has 174 valence electrons. The minimum atomic E-state index is -1.11. The van der Waals surface area contributed by atoms with E-state index in [2.05, 4.69) is 34.6 Å². The Balaban J connectivity index is 1.53. The van der Waals surface area contributed by atoms with Crippen molar-refractivity contribution in [2.24, 2.45) is 46.3 Å².